The summed E-state index contributed by atoms with van der Waals surface area (Å²) < 4.78 is 5.46. The molecule has 2 heterocycles. The molecule has 0 aromatic carbocycles. The highest BCUT2D eigenvalue weighted by atomic mass is 79.9. The van der Waals surface area contributed by atoms with Gasteiger partial charge in [-0.25, -0.2) is 4.98 Å². The lowest BCUT2D eigenvalue weighted by atomic mass is 9.79. The van der Waals surface area contributed by atoms with E-state index in [4.69, 9.17) is 4.74 Å². The standard InChI is InChI=1S/C12H18BrNOS/c1-9-10(2)16-11(14-9)7-12(8-13)3-5-15-6-4-12/h3-8H2,1-2H3. The number of alkyl halides is 1. The van der Waals surface area contributed by atoms with Gasteiger partial charge in [-0.15, -0.1) is 11.3 Å². The van der Waals surface area contributed by atoms with Gasteiger partial charge in [-0.1, -0.05) is 15.9 Å². The van der Waals surface area contributed by atoms with Crippen LogP contribution in [0.2, 0.25) is 0 Å². The molecular weight excluding hydrogens is 286 g/mol. The van der Waals surface area contributed by atoms with Crippen LogP contribution in [0, 0.1) is 19.3 Å². The second-order valence-corrected chi connectivity index (χ2v) is 6.52. The molecule has 1 fully saturated rings. The van der Waals surface area contributed by atoms with Gasteiger partial charge in [0.1, 0.15) is 0 Å². The number of rotatable bonds is 3. The fraction of sp³-hybridized carbons (Fsp3) is 0.750. The van der Waals surface area contributed by atoms with Gasteiger partial charge in [-0.3, -0.25) is 0 Å². The lowest BCUT2D eigenvalue weighted by molar-refractivity contribution is 0.0269. The first kappa shape index (κ1) is 12.5. The van der Waals surface area contributed by atoms with Crippen molar-refractivity contribution in [2.45, 2.75) is 33.1 Å². The third-order valence-electron chi connectivity index (χ3n) is 3.44. The second-order valence-electron chi connectivity index (χ2n) is 4.67. The van der Waals surface area contributed by atoms with Crippen molar-refractivity contribution < 1.29 is 4.74 Å². The monoisotopic (exact) mass is 303 g/mol. The Hall–Kier alpha value is 0.0700. The van der Waals surface area contributed by atoms with Gasteiger partial charge in [0.2, 0.25) is 0 Å². The van der Waals surface area contributed by atoms with Gasteiger partial charge in [0.25, 0.3) is 0 Å². The van der Waals surface area contributed by atoms with Crippen LogP contribution in [0.5, 0.6) is 0 Å². The number of nitrogens with zero attached hydrogens (tertiary/aromatic N) is 1. The summed E-state index contributed by atoms with van der Waals surface area (Å²) in [7, 11) is 0. The van der Waals surface area contributed by atoms with Crippen molar-refractivity contribution in [3.63, 3.8) is 0 Å². The zero-order valence-corrected chi connectivity index (χ0v) is 12.3. The summed E-state index contributed by atoms with van der Waals surface area (Å²) in [5.74, 6) is 0. The Morgan fingerprint density at radius 3 is 2.56 bits per heavy atom. The molecule has 0 spiro atoms. The Balaban J connectivity index is 2.11. The molecule has 1 aromatic heterocycles. The van der Waals surface area contributed by atoms with Crippen LogP contribution in [0.1, 0.15) is 28.4 Å². The Morgan fingerprint density at radius 2 is 2.06 bits per heavy atom. The summed E-state index contributed by atoms with van der Waals surface area (Å²) in [5, 5.41) is 2.34. The highest BCUT2D eigenvalue weighted by Crippen LogP contribution is 2.37. The van der Waals surface area contributed by atoms with Gasteiger partial charge in [-0.2, -0.15) is 0 Å². The number of aromatic nitrogens is 1. The number of aryl methyl sites for hydroxylation is 2. The number of hydrogen-bond donors (Lipinski definition) is 0. The van der Waals surface area contributed by atoms with Crippen molar-refractivity contribution in [1.29, 1.82) is 0 Å². The largest absolute Gasteiger partial charge is 0.381 e. The normalized spacial score (nSPS) is 19.9. The lowest BCUT2D eigenvalue weighted by Gasteiger charge is -2.35. The minimum absolute atomic E-state index is 0.370. The van der Waals surface area contributed by atoms with Gasteiger partial charge in [0.15, 0.2) is 0 Å². The maximum Gasteiger partial charge on any atom is 0.0936 e. The SMILES string of the molecule is Cc1nc(CC2(CBr)CCOCC2)sc1C. The average molecular weight is 304 g/mol. The maximum atomic E-state index is 5.46. The summed E-state index contributed by atoms with van der Waals surface area (Å²) in [6.45, 7) is 6.05. The van der Waals surface area contributed by atoms with Gasteiger partial charge in [0.05, 0.1) is 10.7 Å². The summed E-state index contributed by atoms with van der Waals surface area (Å²) in [6.07, 6.45) is 3.40. The topological polar surface area (TPSA) is 22.1 Å². The molecule has 16 heavy (non-hydrogen) atoms. The first-order chi connectivity index (χ1) is 7.65. The molecule has 1 aliphatic heterocycles. The summed E-state index contributed by atoms with van der Waals surface area (Å²) in [6, 6.07) is 0. The van der Waals surface area contributed by atoms with Crippen LogP contribution >= 0.6 is 27.3 Å². The van der Waals surface area contributed by atoms with E-state index in [0.29, 0.717) is 5.41 Å². The van der Waals surface area contributed by atoms with Crippen molar-refractivity contribution in [1.82, 2.24) is 4.98 Å². The van der Waals surface area contributed by atoms with Crippen LogP contribution in [0.4, 0.5) is 0 Å². The zero-order chi connectivity index (χ0) is 11.6. The first-order valence-corrected chi connectivity index (χ1v) is 7.66. The van der Waals surface area contributed by atoms with Gasteiger partial charge < -0.3 is 4.74 Å². The van der Waals surface area contributed by atoms with Gasteiger partial charge in [-0.05, 0) is 32.1 Å². The number of hydrogen-bond acceptors (Lipinski definition) is 3. The van der Waals surface area contributed by atoms with Crippen LogP contribution in [0.25, 0.3) is 0 Å². The minimum atomic E-state index is 0.370. The molecule has 4 heteroatoms. The predicted octanol–water partition coefficient (Wildman–Crippen LogP) is 3.49. The Bertz CT molecular complexity index is 338. The molecule has 90 valence electrons. The summed E-state index contributed by atoms with van der Waals surface area (Å²) in [4.78, 5) is 6.01. The van der Waals surface area contributed by atoms with E-state index in [1.807, 2.05) is 11.3 Å². The van der Waals surface area contributed by atoms with Crippen molar-refractivity contribution in [2.24, 2.45) is 5.41 Å². The summed E-state index contributed by atoms with van der Waals surface area (Å²) in [5.41, 5.74) is 1.56. The third-order valence-corrected chi connectivity index (χ3v) is 5.70. The Labute approximate surface area is 110 Å². The Morgan fingerprint density at radius 1 is 1.38 bits per heavy atom. The molecule has 0 amide bonds. The minimum Gasteiger partial charge on any atom is -0.381 e. The molecule has 0 N–H and O–H groups in total. The number of halogens is 1. The first-order valence-electron chi connectivity index (χ1n) is 5.72. The van der Waals surface area contributed by atoms with Crippen molar-refractivity contribution in [3.05, 3.63) is 15.6 Å². The van der Waals surface area contributed by atoms with Crippen molar-refractivity contribution >= 4 is 27.3 Å². The van der Waals surface area contributed by atoms with Crippen LogP contribution < -0.4 is 0 Å². The second kappa shape index (κ2) is 5.15. The van der Waals surface area contributed by atoms with Crippen LogP contribution in [0.15, 0.2) is 0 Å². The number of ether oxygens (including phenoxy) is 1. The van der Waals surface area contributed by atoms with E-state index in [2.05, 4.69) is 34.8 Å². The lowest BCUT2D eigenvalue weighted by Crippen LogP contribution is -2.33. The predicted molar refractivity (Wildman–Crippen MR) is 71.6 cm³/mol. The highest BCUT2D eigenvalue weighted by molar-refractivity contribution is 9.09. The molecule has 2 rings (SSSR count). The van der Waals surface area contributed by atoms with E-state index >= 15 is 0 Å². The molecule has 1 aliphatic rings. The van der Waals surface area contributed by atoms with E-state index in [-0.39, 0.29) is 0 Å². The molecule has 0 radical (unpaired) electrons. The summed E-state index contributed by atoms with van der Waals surface area (Å²) >= 11 is 5.52. The molecule has 0 aliphatic carbocycles. The highest BCUT2D eigenvalue weighted by Gasteiger charge is 2.32. The third kappa shape index (κ3) is 2.66. The van der Waals surface area contributed by atoms with Crippen LogP contribution in [-0.4, -0.2) is 23.5 Å². The maximum absolute atomic E-state index is 5.46. The van der Waals surface area contributed by atoms with Crippen LogP contribution in [0.3, 0.4) is 0 Å². The van der Waals surface area contributed by atoms with E-state index in [1.165, 1.54) is 15.6 Å². The average Bonchev–Trinajstić information content (AvgIpc) is 2.59. The molecule has 0 bridgehead atoms. The van der Waals surface area contributed by atoms with E-state index in [9.17, 15) is 0 Å². The fourth-order valence-electron chi connectivity index (χ4n) is 2.10. The van der Waals surface area contributed by atoms with Crippen molar-refractivity contribution in [2.75, 3.05) is 18.5 Å². The van der Waals surface area contributed by atoms with E-state index in [0.717, 1.165) is 37.8 Å². The zero-order valence-electron chi connectivity index (χ0n) is 9.88. The van der Waals surface area contributed by atoms with Gasteiger partial charge >= 0.3 is 0 Å². The van der Waals surface area contributed by atoms with Crippen molar-refractivity contribution in [3.8, 4) is 0 Å². The molecule has 2 nitrogen and oxygen atoms in total. The van der Waals surface area contributed by atoms with E-state index in [1.54, 1.807) is 0 Å². The molecule has 0 atom stereocenters. The van der Waals surface area contributed by atoms with Crippen LogP contribution in [-0.2, 0) is 11.2 Å². The Kier molecular flexibility index (Phi) is 4.03. The number of thiazole rings is 1. The quantitative estimate of drug-likeness (QED) is 0.798. The smallest absolute Gasteiger partial charge is 0.0936 e. The fourth-order valence-corrected chi connectivity index (χ4v) is 3.96. The molecule has 1 aromatic rings. The molecule has 0 saturated carbocycles. The van der Waals surface area contributed by atoms with E-state index < -0.39 is 0 Å². The molecule has 1 saturated heterocycles. The van der Waals surface area contributed by atoms with Gasteiger partial charge in [0, 0.05) is 29.8 Å². The molecular formula is C12H18BrNOS. The molecule has 0 unspecified atom stereocenters.